The van der Waals surface area contributed by atoms with Crippen molar-refractivity contribution in [3.05, 3.63) is 47.0 Å². The lowest BCUT2D eigenvalue weighted by molar-refractivity contribution is -0.126. The van der Waals surface area contributed by atoms with Crippen LogP contribution < -0.4 is 10.3 Å². The first-order valence-electron chi connectivity index (χ1n) is 9.10. The largest absolute Gasteiger partial charge is 0.494 e. The summed E-state index contributed by atoms with van der Waals surface area (Å²) in [6, 6.07) is 7.45. The SMILES string of the molecule is CCOc1ccc2[nH]c(=O)c(-c3nccn3CC3CC(=O)N(C)C3)cc2c1. The number of pyridine rings is 1. The standard InChI is InChI=1S/C20H22N4O3/c1-3-27-15-4-5-17-14(9-15)10-16(20(26)22-17)19-21-6-7-24(19)12-13-8-18(25)23(2)11-13/h4-7,9-10,13H,3,8,11-12H2,1-2H3,(H,22,26). The van der Waals surface area contributed by atoms with Crippen LogP contribution in [-0.2, 0) is 11.3 Å². The molecule has 1 aliphatic rings. The van der Waals surface area contributed by atoms with Gasteiger partial charge in [-0.2, -0.15) is 0 Å². The minimum Gasteiger partial charge on any atom is -0.494 e. The van der Waals surface area contributed by atoms with Crippen molar-refractivity contribution in [2.45, 2.75) is 19.9 Å². The second-order valence-electron chi connectivity index (χ2n) is 6.94. The molecule has 1 amide bonds. The van der Waals surface area contributed by atoms with Crippen molar-refractivity contribution in [1.29, 1.82) is 0 Å². The van der Waals surface area contributed by atoms with Gasteiger partial charge in [-0.25, -0.2) is 4.98 Å². The highest BCUT2D eigenvalue weighted by Crippen LogP contribution is 2.24. The zero-order valence-electron chi connectivity index (χ0n) is 15.4. The van der Waals surface area contributed by atoms with Gasteiger partial charge in [0.2, 0.25) is 5.91 Å². The summed E-state index contributed by atoms with van der Waals surface area (Å²) in [5.74, 6) is 1.76. The van der Waals surface area contributed by atoms with E-state index in [1.165, 1.54) is 0 Å². The van der Waals surface area contributed by atoms with Gasteiger partial charge in [0.25, 0.3) is 5.56 Å². The molecule has 1 aromatic carbocycles. The number of fused-ring (bicyclic) bond motifs is 1. The van der Waals surface area contributed by atoms with Crippen molar-refractivity contribution in [2.24, 2.45) is 5.92 Å². The smallest absolute Gasteiger partial charge is 0.259 e. The summed E-state index contributed by atoms with van der Waals surface area (Å²) in [7, 11) is 1.82. The molecule has 1 aliphatic heterocycles. The van der Waals surface area contributed by atoms with Crippen molar-refractivity contribution in [3.63, 3.8) is 0 Å². The monoisotopic (exact) mass is 366 g/mol. The summed E-state index contributed by atoms with van der Waals surface area (Å²) in [5, 5.41) is 0.890. The Morgan fingerprint density at radius 2 is 2.15 bits per heavy atom. The minimum absolute atomic E-state index is 0.161. The zero-order chi connectivity index (χ0) is 19.0. The molecule has 7 nitrogen and oxygen atoms in total. The number of carbonyl (C=O) groups excluding carboxylic acids is 1. The fraction of sp³-hybridized carbons (Fsp3) is 0.350. The lowest BCUT2D eigenvalue weighted by Crippen LogP contribution is -2.20. The number of hydrogen-bond donors (Lipinski definition) is 1. The molecule has 27 heavy (non-hydrogen) atoms. The summed E-state index contributed by atoms with van der Waals surface area (Å²) < 4.78 is 7.52. The Bertz CT molecular complexity index is 1050. The number of aromatic nitrogens is 3. The molecular weight excluding hydrogens is 344 g/mol. The first-order chi connectivity index (χ1) is 13.0. The average molecular weight is 366 g/mol. The van der Waals surface area contributed by atoms with Gasteiger partial charge in [0, 0.05) is 55.8 Å². The molecule has 1 saturated heterocycles. The highest BCUT2D eigenvalue weighted by molar-refractivity contribution is 5.83. The van der Waals surface area contributed by atoms with E-state index >= 15 is 0 Å². The van der Waals surface area contributed by atoms with E-state index in [1.807, 2.05) is 49.0 Å². The van der Waals surface area contributed by atoms with Crippen LogP contribution in [0.15, 0.2) is 41.5 Å². The number of aromatic amines is 1. The van der Waals surface area contributed by atoms with Gasteiger partial charge in [-0.15, -0.1) is 0 Å². The van der Waals surface area contributed by atoms with E-state index in [0.29, 0.717) is 31.0 Å². The van der Waals surface area contributed by atoms with Crippen LogP contribution in [0.3, 0.4) is 0 Å². The molecular formula is C20H22N4O3. The van der Waals surface area contributed by atoms with E-state index in [-0.39, 0.29) is 17.4 Å². The topological polar surface area (TPSA) is 80.2 Å². The molecule has 7 heteroatoms. The number of rotatable bonds is 5. The van der Waals surface area contributed by atoms with E-state index in [1.54, 1.807) is 11.1 Å². The van der Waals surface area contributed by atoms with Gasteiger partial charge in [-0.1, -0.05) is 0 Å². The van der Waals surface area contributed by atoms with Crippen molar-refractivity contribution in [2.75, 3.05) is 20.2 Å². The lowest BCUT2D eigenvalue weighted by atomic mass is 10.1. The van der Waals surface area contributed by atoms with Gasteiger partial charge >= 0.3 is 0 Å². The Balaban J connectivity index is 1.70. The van der Waals surface area contributed by atoms with Crippen LogP contribution in [-0.4, -0.2) is 45.5 Å². The first-order valence-corrected chi connectivity index (χ1v) is 9.10. The van der Waals surface area contributed by atoms with Crippen LogP contribution in [0.25, 0.3) is 22.3 Å². The van der Waals surface area contributed by atoms with Crippen molar-refractivity contribution in [1.82, 2.24) is 19.4 Å². The molecule has 3 heterocycles. The van der Waals surface area contributed by atoms with Crippen LogP contribution in [0, 0.1) is 5.92 Å². The highest BCUT2D eigenvalue weighted by atomic mass is 16.5. The lowest BCUT2D eigenvalue weighted by Gasteiger charge is -2.13. The quantitative estimate of drug-likeness (QED) is 0.751. The maximum atomic E-state index is 12.6. The fourth-order valence-corrected chi connectivity index (χ4v) is 3.66. The number of amides is 1. The Labute approximate surface area is 156 Å². The summed E-state index contributed by atoms with van der Waals surface area (Å²) in [4.78, 5) is 33.5. The normalized spacial score (nSPS) is 17.0. The maximum absolute atomic E-state index is 12.6. The van der Waals surface area contributed by atoms with Gasteiger partial charge in [-0.3, -0.25) is 9.59 Å². The van der Waals surface area contributed by atoms with Gasteiger partial charge in [0.1, 0.15) is 11.6 Å². The zero-order valence-corrected chi connectivity index (χ0v) is 15.4. The molecule has 0 spiro atoms. The number of hydrogen-bond acceptors (Lipinski definition) is 4. The fourth-order valence-electron chi connectivity index (χ4n) is 3.66. The summed E-state index contributed by atoms with van der Waals surface area (Å²) in [6.07, 6.45) is 4.08. The molecule has 4 rings (SSSR count). The molecule has 3 aromatic rings. The number of likely N-dealkylation sites (tertiary alicyclic amines) is 1. The van der Waals surface area contributed by atoms with Gasteiger partial charge in [0.05, 0.1) is 12.2 Å². The molecule has 1 unspecified atom stereocenters. The molecule has 1 atom stereocenters. The third-order valence-electron chi connectivity index (χ3n) is 4.96. The second kappa shape index (κ2) is 6.90. The van der Waals surface area contributed by atoms with Crippen LogP contribution >= 0.6 is 0 Å². The number of imidazole rings is 1. The van der Waals surface area contributed by atoms with Gasteiger partial charge < -0.3 is 19.2 Å². The average Bonchev–Trinajstić information content (AvgIpc) is 3.21. The third-order valence-corrected chi connectivity index (χ3v) is 4.96. The van der Waals surface area contributed by atoms with Crippen LogP contribution in [0.5, 0.6) is 5.75 Å². The number of H-pyrrole nitrogens is 1. The molecule has 1 N–H and O–H groups in total. The van der Waals surface area contributed by atoms with E-state index in [0.717, 1.165) is 23.2 Å². The Morgan fingerprint density at radius 1 is 1.30 bits per heavy atom. The second-order valence-corrected chi connectivity index (χ2v) is 6.94. The highest BCUT2D eigenvalue weighted by Gasteiger charge is 2.27. The van der Waals surface area contributed by atoms with Crippen LogP contribution in [0.1, 0.15) is 13.3 Å². The number of nitrogens with one attached hydrogen (secondary N) is 1. The van der Waals surface area contributed by atoms with Gasteiger partial charge in [0.15, 0.2) is 0 Å². The molecule has 140 valence electrons. The predicted octanol–water partition coefficient (Wildman–Crippen LogP) is 2.27. The van der Waals surface area contributed by atoms with Crippen molar-refractivity contribution in [3.8, 4) is 17.1 Å². The Kier molecular flexibility index (Phi) is 4.43. The summed E-state index contributed by atoms with van der Waals surface area (Å²) in [6.45, 7) is 3.90. The Morgan fingerprint density at radius 3 is 2.89 bits per heavy atom. The summed E-state index contributed by atoms with van der Waals surface area (Å²) >= 11 is 0. The van der Waals surface area contributed by atoms with Gasteiger partial charge in [-0.05, 0) is 31.2 Å². The van der Waals surface area contributed by atoms with Crippen molar-refractivity contribution < 1.29 is 9.53 Å². The van der Waals surface area contributed by atoms with Crippen molar-refractivity contribution >= 4 is 16.8 Å². The van der Waals surface area contributed by atoms with E-state index in [9.17, 15) is 9.59 Å². The van der Waals surface area contributed by atoms with E-state index in [4.69, 9.17) is 4.74 Å². The first kappa shape index (κ1) is 17.3. The molecule has 2 aromatic heterocycles. The molecule has 1 fully saturated rings. The minimum atomic E-state index is -0.182. The van der Waals surface area contributed by atoms with E-state index in [2.05, 4.69) is 9.97 Å². The summed E-state index contributed by atoms with van der Waals surface area (Å²) in [5.41, 5.74) is 1.09. The maximum Gasteiger partial charge on any atom is 0.259 e. The number of benzene rings is 1. The number of nitrogens with zero attached hydrogens (tertiary/aromatic N) is 3. The molecule has 0 bridgehead atoms. The number of carbonyl (C=O) groups is 1. The molecule has 0 saturated carbocycles. The Hall–Kier alpha value is -3.09. The third kappa shape index (κ3) is 3.32. The molecule has 0 aliphatic carbocycles. The molecule has 0 radical (unpaired) electrons. The number of ether oxygens (including phenoxy) is 1. The van der Waals surface area contributed by atoms with Crippen LogP contribution in [0.2, 0.25) is 0 Å². The van der Waals surface area contributed by atoms with E-state index < -0.39 is 0 Å². The predicted molar refractivity (Wildman–Crippen MR) is 103 cm³/mol. The van der Waals surface area contributed by atoms with Crippen LogP contribution in [0.4, 0.5) is 0 Å².